The molecule has 1 fully saturated rings. The number of nitrogens with zero attached hydrogens (tertiary/aromatic N) is 7. The van der Waals surface area contributed by atoms with Gasteiger partial charge in [0.15, 0.2) is 5.82 Å². The van der Waals surface area contributed by atoms with E-state index < -0.39 is 11.7 Å². The van der Waals surface area contributed by atoms with Crippen molar-refractivity contribution < 1.29 is 17.9 Å². The summed E-state index contributed by atoms with van der Waals surface area (Å²) >= 11 is 0. The minimum Gasteiger partial charge on any atom is -0.384 e. The number of benzene rings is 1. The second kappa shape index (κ2) is 9.41. The third kappa shape index (κ3) is 4.91. The van der Waals surface area contributed by atoms with Crippen LogP contribution in [0.25, 0.3) is 22.6 Å². The van der Waals surface area contributed by atoms with Crippen LogP contribution in [-0.2, 0) is 18.0 Å². The summed E-state index contributed by atoms with van der Waals surface area (Å²) < 4.78 is 48.7. The number of rotatable bonds is 5. The van der Waals surface area contributed by atoms with Gasteiger partial charge in [0.2, 0.25) is 5.95 Å². The van der Waals surface area contributed by atoms with Gasteiger partial charge in [-0.05, 0) is 18.2 Å². The van der Waals surface area contributed by atoms with Crippen LogP contribution in [0.3, 0.4) is 0 Å². The van der Waals surface area contributed by atoms with Crippen LogP contribution in [0.4, 0.5) is 36.4 Å². The van der Waals surface area contributed by atoms with Crippen LogP contribution in [0, 0.1) is 0 Å². The highest BCUT2D eigenvalue weighted by Crippen LogP contribution is 2.38. The topological polar surface area (TPSA) is 120 Å². The molecule has 1 aromatic carbocycles. The molecular weight excluding hydrogens is 475 g/mol. The molecule has 0 saturated carbocycles. The Hall–Kier alpha value is -4.26. The number of ether oxygens (including phenoxy) is 1. The average molecular weight is 497 g/mol. The van der Waals surface area contributed by atoms with Gasteiger partial charge in [0, 0.05) is 49.2 Å². The van der Waals surface area contributed by atoms with Gasteiger partial charge in [-0.25, -0.2) is 9.97 Å². The lowest BCUT2D eigenvalue weighted by molar-refractivity contribution is -0.137. The maximum atomic E-state index is 13.8. The molecule has 0 radical (unpaired) electrons. The van der Waals surface area contributed by atoms with Gasteiger partial charge in [-0.1, -0.05) is 12.1 Å². The fourth-order valence-electron chi connectivity index (χ4n) is 3.88. The normalized spacial score (nSPS) is 14.2. The minimum absolute atomic E-state index is 0.0678. The third-order valence-corrected chi connectivity index (χ3v) is 5.62. The summed E-state index contributed by atoms with van der Waals surface area (Å²) in [6, 6.07) is 9.66. The van der Waals surface area contributed by atoms with Crippen LogP contribution in [0.5, 0.6) is 0 Å². The van der Waals surface area contributed by atoms with Gasteiger partial charge in [0.25, 0.3) is 0 Å². The Kier molecular flexibility index (Phi) is 6.14. The highest BCUT2D eigenvalue weighted by molar-refractivity contribution is 5.72. The molecule has 1 aliphatic heterocycles. The zero-order chi connectivity index (χ0) is 25.3. The summed E-state index contributed by atoms with van der Waals surface area (Å²) in [7, 11) is 1.83. The fourth-order valence-corrected chi connectivity index (χ4v) is 3.88. The Morgan fingerprint density at radius 1 is 1.08 bits per heavy atom. The van der Waals surface area contributed by atoms with Crippen LogP contribution >= 0.6 is 0 Å². The molecule has 186 valence electrons. The summed E-state index contributed by atoms with van der Waals surface area (Å²) in [6.45, 7) is 1.95. The molecule has 10 nitrogen and oxygen atoms in total. The first-order valence-corrected chi connectivity index (χ1v) is 11.0. The number of hydrogen-bond acceptors (Lipinski definition) is 9. The SMILES string of the molecule is Cn1cnnc1-c1cccc(Nc2cc(-c3cnc(N)cc3C(F)(F)F)nc(N3CCOCC3)n2)c1. The second-order valence-electron chi connectivity index (χ2n) is 8.16. The fraction of sp³-hybridized carbons (Fsp3) is 0.261. The monoisotopic (exact) mass is 497 g/mol. The number of nitrogens with two attached hydrogens (primary N) is 1. The molecule has 0 spiro atoms. The molecule has 0 unspecified atom stereocenters. The lowest BCUT2D eigenvalue weighted by Crippen LogP contribution is -2.37. The number of morpholine rings is 1. The minimum atomic E-state index is -4.64. The van der Waals surface area contributed by atoms with E-state index in [0.717, 1.165) is 17.8 Å². The van der Waals surface area contributed by atoms with Crippen LogP contribution in [0.15, 0.2) is 48.9 Å². The number of aryl methyl sites for hydroxylation is 1. The number of anilines is 4. The van der Waals surface area contributed by atoms with Crippen LogP contribution in [0.2, 0.25) is 0 Å². The summed E-state index contributed by atoms with van der Waals surface area (Å²) in [4.78, 5) is 14.8. The lowest BCUT2D eigenvalue weighted by atomic mass is 10.1. The largest absolute Gasteiger partial charge is 0.417 e. The molecule has 1 saturated heterocycles. The summed E-state index contributed by atoms with van der Waals surface area (Å²) in [5.74, 6) is 1.04. The van der Waals surface area contributed by atoms with Gasteiger partial charge in [0.05, 0.1) is 24.5 Å². The van der Waals surface area contributed by atoms with Crippen LogP contribution < -0.4 is 16.0 Å². The van der Waals surface area contributed by atoms with E-state index in [9.17, 15) is 13.2 Å². The van der Waals surface area contributed by atoms with Gasteiger partial charge >= 0.3 is 6.18 Å². The molecule has 3 aromatic heterocycles. The number of alkyl halides is 3. The standard InChI is InChI=1S/C23H22F3N9O/c1-34-13-29-33-21(34)14-3-2-4-15(9-14)30-20-11-18(31-22(32-20)35-5-7-36-8-6-35)16-12-28-19(27)10-17(16)23(24,25)26/h2-4,9-13H,5-8H2,1H3,(H2,27,28)(H,30,31,32). The Morgan fingerprint density at radius 2 is 1.89 bits per heavy atom. The average Bonchev–Trinajstić information content (AvgIpc) is 3.30. The number of nitrogen functional groups attached to an aromatic ring is 1. The predicted octanol–water partition coefficient (Wildman–Crippen LogP) is 3.52. The first kappa shape index (κ1) is 23.5. The van der Waals surface area contributed by atoms with Crippen molar-refractivity contribution in [1.82, 2.24) is 29.7 Å². The molecule has 4 heterocycles. The van der Waals surface area contributed by atoms with Gasteiger partial charge in [-0.3, -0.25) is 0 Å². The van der Waals surface area contributed by atoms with Crippen molar-refractivity contribution >= 4 is 23.3 Å². The van der Waals surface area contributed by atoms with E-state index in [1.165, 1.54) is 6.07 Å². The number of hydrogen-bond donors (Lipinski definition) is 2. The first-order chi connectivity index (χ1) is 17.3. The highest BCUT2D eigenvalue weighted by atomic mass is 19.4. The summed E-state index contributed by atoms with van der Waals surface area (Å²) in [5.41, 5.74) is 5.99. The maximum absolute atomic E-state index is 13.8. The number of halogens is 3. The molecule has 5 rings (SSSR count). The van der Waals surface area contributed by atoms with Gasteiger partial charge < -0.3 is 25.3 Å². The summed E-state index contributed by atoms with van der Waals surface area (Å²) in [6.07, 6.45) is -1.96. The molecule has 0 atom stereocenters. The third-order valence-electron chi connectivity index (χ3n) is 5.62. The number of aromatic nitrogens is 6. The van der Waals surface area contributed by atoms with Gasteiger partial charge in [0.1, 0.15) is 18.0 Å². The Bertz CT molecular complexity index is 1380. The molecule has 0 aliphatic carbocycles. The van der Waals surface area contributed by atoms with E-state index in [1.54, 1.807) is 10.9 Å². The molecule has 13 heteroatoms. The second-order valence-corrected chi connectivity index (χ2v) is 8.16. The van der Waals surface area contributed by atoms with E-state index in [4.69, 9.17) is 10.5 Å². The first-order valence-electron chi connectivity index (χ1n) is 11.0. The van der Waals surface area contributed by atoms with Crippen molar-refractivity contribution in [2.24, 2.45) is 7.05 Å². The predicted molar refractivity (Wildman–Crippen MR) is 127 cm³/mol. The van der Waals surface area contributed by atoms with E-state index in [2.05, 4.69) is 30.5 Å². The molecule has 0 bridgehead atoms. The van der Waals surface area contributed by atoms with Crippen molar-refractivity contribution in [2.45, 2.75) is 6.18 Å². The van der Waals surface area contributed by atoms with E-state index in [-0.39, 0.29) is 23.0 Å². The number of pyridine rings is 1. The van der Waals surface area contributed by atoms with Crippen molar-refractivity contribution in [3.05, 3.63) is 54.5 Å². The maximum Gasteiger partial charge on any atom is 0.417 e. The van der Waals surface area contributed by atoms with Crippen LogP contribution in [0.1, 0.15) is 5.56 Å². The molecule has 36 heavy (non-hydrogen) atoms. The molecule has 0 amide bonds. The van der Waals surface area contributed by atoms with Crippen molar-refractivity contribution in [2.75, 3.05) is 42.3 Å². The molecule has 3 N–H and O–H groups in total. The molecule has 1 aliphatic rings. The lowest BCUT2D eigenvalue weighted by Gasteiger charge is -2.27. The zero-order valence-electron chi connectivity index (χ0n) is 19.2. The van der Waals surface area contributed by atoms with E-state index in [0.29, 0.717) is 43.6 Å². The highest BCUT2D eigenvalue weighted by Gasteiger charge is 2.35. The quantitative estimate of drug-likeness (QED) is 0.427. The molecule has 4 aromatic rings. The molecular formula is C23H22F3N9O. The van der Waals surface area contributed by atoms with Gasteiger partial charge in [-0.2, -0.15) is 18.2 Å². The van der Waals surface area contributed by atoms with E-state index >= 15 is 0 Å². The Balaban J connectivity index is 1.58. The van der Waals surface area contributed by atoms with Gasteiger partial charge in [-0.15, -0.1) is 10.2 Å². The van der Waals surface area contributed by atoms with E-state index in [1.807, 2.05) is 36.2 Å². The zero-order valence-corrected chi connectivity index (χ0v) is 19.2. The summed E-state index contributed by atoms with van der Waals surface area (Å²) in [5, 5.41) is 11.2. The van der Waals surface area contributed by atoms with Crippen molar-refractivity contribution in [1.29, 1.82) is 0 Å². The smallest absolute Gasteiger partial charge is 0.384 e. The Morgan fingerprint density at radius 3 is 2.61 bits per heavy atom. The van der Waals surface area contributed by atoms with Crippen molar-refractivity contribution in [3.63, 3.8) is 0 Å². The van der Waals surface area contributed by atoms with Crippen LogP contribution in [-0.4, -0.2) is 56.0 Å². The Labute approximate surface area is 204 Å². The number of nitrogens with one attached hydrogen (secondary N) is 1. The van der Waals surface area contributed by atoms with Crippen molar-refractivity contribution in [3.8, 4) is 22.6 Å².